The minimum atomic E-state index is 1.05. The van der Waals surface area contributed by atoms with Crippen LogP contribution in [0, 0.1) is 0 Å². The van der Waals surface area contributed by atoms with Gasteiger partial charge in [-0.1, -0.05) is 80.8 Å². The molecule has 19 heavy (non-hydrogen) atoms. The van der Waals surface area contributed by atoms with Crippen LogP contribution in [0.15, 0.2) is 54.6 Å². The van der Waals surface area contributed by atoms with Gasteiger partial charge in [0, 0.05) is 0 Å². The lowest BCUT2D eigenvalue weighted by Gasteiger charge is -2.06. The van der Waals surface area contributed by atoms with Crippen LogP contribution in [-0.4, -0.2) is 0 Å². The molecule has 0 bridgehead atoms. The minimum Gasteiger partial charge on any atom is -0.0654 e. The molecule has 0 heterocycles. The molecule has 0 fully saturated rings. The molecule has 0 radical (unpaired) electrons. The SMILES string of the molecule is CCCCCCc1cccc(Cc2ccccc2)c1. The van der Waals surface area contributed by atoms with Crippen molar-refractivity contribution in [2.75, 3.05) is 0 Å². The maximum Gasteiger partial charge on any atom is -0.00257 e. The molecule has 0 unspecified atom stereocenters. The summed E-state index contributed by atoms with van der Waals surface area (Å²) in [7, 11) is 0. The van der Waals surface area contributed by atoms with Crippen LogP contribution >= 0.6 is 0 Å². The van der Waals surface area contributed by atoms with Crippen molar-refractivity contribution in [3.63, 3.8) is 0 Å². The quantitative estimate of drug-likeness (QED) is 0.579. The summed E-state index contributed by atoms with van der Waals surface area (Å²) in [5.41, 5.74) is 4.31. The molecule has 2 aromatic carbocycles. The fourth-order valence-corrected chi connectivity index (χ4v) is 2.48. The summed E-state index contributed by atoms with van der Waals surface area (Å²) in [6.45, 7) is 2.26. The topological polar surface area (TPSA) is 0 Å². The zero-order chi connectivity index (χ0) is 13.3. The molecular weight excluding hydrogens is 228 g/mol. The van der Waals surface area contributed by atoms with Gasteiger partial charge in [-0.05, 0) is 36.0 Å². The number of hydrogen-bond donors (Lipinski definition) is 0. The summed E-state index contributed by atoms with van der Waals surface area (Å²) in [4.78, 5) is 0. The van der Waals surface area contributed by atoms with E-state index in [-0.39, 0.29) is 0 Å². The Hall–Kier alpha value is -1.56. The van der Waals surface area contributed by atoms with Crippen LogP contribution < -0.4 is 0 Å². The van der Waals surface area contributed by atoms with Gasteiger partial charge in [0.25, 0.3) is 0 Å². The van der Waals surface area contributed by atoms with Crippen LogP contribution in [0.3, 0.4) is 0 Å². The van der Waals surface area contributed by atoms with Gasteiger partial charge in [-0.2, -0.15) is 0 Å². The fraction of sp³-hybridized carbons (Fsp3) is 0.368. The highest BCUT2D eigenvalue weighted by Crippen LogP contribution is 2.14. The normalized spacial score (nSPS) is 10.6. The molecule has 0 saturated heterocycles. The number of unbranched alkanes of at least 4 members (excludes halogenated alkanes) is 3. The van der Waals surface area contributed by atoms with E-state index in [1.54, 1.807) is 0 Å². The van der Waals surface area contributed by atoms with Crippen LogP contribution in [0.1, 0.15) is 49.3 Å². The molecule has 0 amide bonds. The molecule has 0 aromatic heterocycles. The maximum atomic E-state index is 2.37. The highest BCUT2D eigenvalue weighted by atomic mass is 14.0. The number of benzene rings is 2. The maximum absolute atomic E-state index is 2.37. The standard InChI is InChI=1S/C19H24/c1-2-3-4-6-10-18-13-9-14-19(16-18)15-17-11-7-5-8-12-17/h5,7-9,11-14,16H,2-4,6,10,15H2,1H3. The van der Waals surface area contributed by atoms with Gasteiger partial charge in [0.15, 0.2) is 0 Å². The molecule has 0 nitrogen and oxygen atoms in total. The Morgan fingerprint density at radius 1 is 0.684 bits per heavy atom. The number of rotatable bonds is 7. The Labute approximate surface area is 117 Å². The number of hydrogen-bond acceptors (Lipinski definition) is 0. The molecule has 2 rings (SSSR count). The summed E-state index contributed by atoms with van der Waals surface area (Å²) in [6.07, 6.45) is 7.63. The van der Waals surface area contributed by atoms with E-state index in [1.165, 1.54) is 48.8 Å². The summed E-state index contributed by atoms with van der Waals surface area (Å²) in [5, 5.41) is 0. The van der Waals surface area contributed by atoms with Crippen molar-refractivity contribution < 1.29 is 0 Å². The summed E-state index contributed by atoms with van der Waals surface area (Å²) in [5.74, 6) is 0. The highest BCUT2D eigenvalue weighted by Gasteiger charge is 1.98. The van der Waals surface area contributed by atoms with E-state index in [4.69, 9.17) is 0 Å². The van der Waals surface area contributed by atoms with Gasteiger partial charge in [-0.15, -0.1) is 0 Å². The van der Waals surface area contributed by atoms with Gasteiger partial charge in [0.1, 0.15) is 0 Å². The van der Waals surface area contributed by atoms with Crippen molar-refractivity contribution in [1.82, 2.24) is 0 Å². The Bertz CT molecular complexity index is 470. The van der Waals surface area contributed by atoms with E-state index in [0.717, 1.165) is 6.42 Å². The molecule has 0 atom stereocenters. The van der Waals surface area contributed by atoms with Gasteiger partial charge >= 0.3 is 0 Å². The summed E-state index contributed by atoms with van der Waals surface area (Å²) < 4.78 is 0. The lowest BCUT2D eigenvalue weighted by atomic mass is 10.00. The minimum absolute atomic E-state index is 1.05. The van der Waals surface area contributed by atoms with Crippen molar-refractivity contribution in [3.8, 4) is 0 Å². The van der Waals surface area contributed by atoms with Gasteiger partial charge in [0.05, 0.1) is 0 Å². The van der Waals surface area contributed by atoms with E-state index in [9.17, 15) is 0 Å². The first-order chi connectivity index (χ1) is 9.38. The molecule has 0 aliphatic rings. The molecule has 2 aromatic rings. The number of aryl methyl sites for hydroxylation is 1. The smallest absolute Gasteiger partial charge is 0.00257 e. The molecule has 0 aliphatic heterocycles. The van der Waals surface area contributed by atoms with Crippen LogP contribution in [0.2, 0.25) is 0 Å². The second kappa shape index (κ2) is 7.78. The molecule has 0 saturated carbocycles. The van der Waals surface area contributed by atoms with Crippen LogP contribution in [0.5, 0.6) is 0 Å². The van der Waals surface area contributed by atoms with E-state index in [0.29, 0.717) is 0 Å². The zero-order valence-electron chi connectivity index (χ0n) is 11.9. The third kappa shape index (κ3) is 4.90. The molecule has 0 aliphatic carbocycles. The van der Waals surface area contributed by atoms with E-state index < -0.39 is 0 Å². The highest BCUT2D eigenvalue weighted by molar-refractivity contribution is 5.29. The lowest BCUT2D eigenvalue weighted by Crippen LogP contribution is -1.91. The molecule has 100 valence electrons. The lowest BCUT2D eigenvalue weighted by molar-refractivity contribution is 0.666. The predicted octanol–water partition coefficient (Wildman–Crippen LogP) is 5.40. The van der Waals surface area contributed by atoms with Crippen molar-refractivity contribution in [3.05, 3.63) is 71.3 Å². The van der Waals surface area contributed by atoms with Crippen molar-refractivity contribution >= 4 is 0 Å². The summed E-state index contributed by atoms with van der Waals surface area (Å²) >= 11 is 0. The average molecular weight is 252 g/mol. The second-order valence-electron chi connectivity index (χ2n) is 5.29. The largest absolute Gasteiger partial charge is 0.0654 e. The third-order valence-corrected chi connectivity index (χ3v) is 3.56. The van der Waals surface area contributed by atoms with Crippen molar-refractivity contribution in [2.45, 2.75) is 45.4 Å². The monoisotopic (exact) mass is 252 g/mol. The van der Waals surface area contributed by atoms with Crippen molar-refractivity contribution in [2.24, 2.45) is 0 Å². The van der Waals surface area contributed by atoms with E-state index in [1.807, 2.05) is 0 Å². The van der Waals surface area contributed by atoms with Crippen LogP contribution in [0.25, 0.3) is 0 Å². The van der Waals surface area contributed by atoms with E-state index in [2.05, 4.69) is 61.5 Å². The average Bonchev–Trinajstić information content (AvgIpc) is 2.45. The summed E-state index contributed by atoms with van der Waals surface area (Å²) in [6, 6.07) is 19.8. The first kappa shape index (κ1) is 13.9. The second-order valence-corrected chi connectivity index (χ2v) is 5.29. The predicted molar refractivity (Wildman–Crippen MR) is 83.5 cm³/mol. The Morgan fingerprint density at radius 3 is 2.21 bits per heavy atom. The van der Waals surface area contributed by atoms with Gasteiger partial charge in [0.2, 0.25) is 0 Å². The van der Waals surface area contributed by atoms with Gasteiger partial charge in [-0.25, -0.2) is 0 Å². The first-order valence-corrected chi connectivity index (χ1v) is 7.50. The van der Waals surface area contributed by atoms with Crippen LogP contribution in [-0.2, 0) is 12.8 Å². The Kier molecular flexibility index (Phi) is 5.68. The fourth-order valence-electron chi connectivity index (χ4n) is 2.48. The van der Waals surface area contributed by atoms with Gasteiger partial charge in [-0.3, -0.25) is 0 Å². The van der Waals surface area contributed by atoms with Crippen LogP contribution in [0.4, 0.5) is 0 Å². The zero-order valence-corrected chi connectivity index (χ0v) is 11.9. The van der Waals surface area contributed by atoms with Crippen molar-refractivity contribution in [1.29, 1.82) is 0 Å². The Balaban J connectivity index is 1.91. The molecular formula is C19H24. The molecule has 0 heteroatoms. The van der Waals surface area contributed by atoms with E-state index >= 15 is 0 Å². The first-order valence-electron chi connectivity index (χ1n) is 7.50. The Morgan fingerprint density at radius 2 is 1.42 bits per heavy atom. The molecule has 0 N–H and O–H groups in total. The third-order valence-electron chi connectivity index (χ3n) is 3.56. The van der Waals surface area contributed by atoms with Gasteiger partial charge < -0.3 is 0 Å². The molecule has 0 spiro atoms.